The third kappa shape index (κ3) is 6.01. The zero-order chi connectivity index (χ0) is 34.2. The number of amides is 3. The first kappa shape index (κ1) is 31.7. The molecule has 9 nitrogen and oxygen atoms in total. The van der Waals surface area contributed by atoms with Crippen molar-refractivity contribution < 1.29 is 33.8 Å². The van der Waals surface area contributed by atoms with Gasteiger partial charge in [0, 0.05) is 11.1 Å². The van der Waals surface area contributed by atoms with Crippen LogP contribution < -0.4 is 19.7 Å². The van der Waals surface area contributed by atoms with Gasteiger partial charge in [0.05, 0.1) is 35.1 Å². The number of nitrogens with zero attached hydrogens (tertiary/aromatic N) is 1. The summed E-state index contributed by atoms with van der Waals surface area (Å²) < 4.78 is 11.4. The molecule has 240 valence electrons. The van der Waals surface area contributed by atoms with Crippen LogP contribution in [0, 0.1) is 6.92 Å². The smallest absolute Gasteiger partial charge is 0.336 e. The Morgan fingerprint density at radius 1 is 0.688 bits per heavy atom. The van der Waals surface area contributed by atoms with Crippen molar-refractivity contribution in [2.75, 3.05) is 17.3 Å². The third-order valence-corrected chi connectivity index (χ3v) is 8.51. The van der Waals surface area contributed by atoms with E-state index in [-0.39, 0.29) is 27.7 Å². The highest BCUT2D eigenvalue weighted by molar-refractivity contribution is 6.34. The fourth-order valence-electron chi connectivity index (χ4n) is 5.69. The number of hydrogen-bond donors (Lipinski definition) is 2. The maximum Gasteiger partial charge on any atom is 0.336 e. The largest absolute Gasteiger partial charge is 0.497 e. The van der Waals surface area contributed by atoms with E-state index in [9.17, 15) is 24.3 Å². The number of rotatable bonds is 9. The normalized spacial score (nSPS) is 12.5. The molecule has 5 aromatic carbocycles. The van der Waals surface area contributed by atoms with Gasteiger partial charge in [-0.2, -0.15) is 0 Å². The highest BCUT2D eigenvalue weighted by Crippen LogP contribution is 2.36. The second-order valence-electron chi connectivity index (χ2n) is 12.0. The number of carbonyl (C=O) groups excluding carboxylic acids is 3. The van der Waals surface area contributed by atoms with Crippen LogP contribution in [0.3, 0.4) is 0 Å². The topological polar surface area (TPSA) is 122 Å². The number of hydrogen-bond acceptors (Lipinski definition) is 6. The fraction of sp³-hybridized carbons (Fsp3) is 0.128. The van der Waals surface area contributed by atoms with E-state index in [0.29, 0.717) is 28.4 Å². The first-order valence-corrected chi connectivity index (χ1v) is 15.2. The maximum absolute atomic E-state index is 13.4. The highest BCUT2D eigenvalue weighted by Gasteiger charge is 2.37. The van der Waals surface area contributed by atoms with E-state index < -0.39 is 23.7 Å². The quantitative estimate of drug-likeness (QED) is 0.157. The van der Waals surface area contributed by atoms with Crippen LogP contribution in [0.4, 0.5) is 11.4 Å². The zero-order valence-corrected chi connectivity index (χ0v) is 26.7. The van der Waals surface area contributed by atoms with Gasteiger partial charge in [-0.05, 0) is 96.9 Å². The molecule has 0 aliphatic carbocycles. The van der Waals surface area contributed by atoms with Crippen molar-refractivity contribution >= 4 is 35.1 Å². The molecule has 0 unspecified atom stereocenters. The summed E-state index contributed by atoms with van der Waals surface area (Å²) in [6.07, 6.45) is 0. The number of aromatic carboxylic acids is 1. The van der Waals surface area contributed by atoms with Crippen LogP contribution >= 0.6 is 0 Å². The molecule has 9 heteroatoms. The number of carboxylic acids is 1. The maximum atomic E-state index is 13.4. The molecule has 0 radical (unpaired) electrons. The third-order valence-electron chi connectivity index (χ3n) is 8.51. The molecule has 0 atom stereocenters. The Morgan fingerprint density at radius 3 is 1.88 bits per heavy atom. The summed E-state index contributed by atoms with van der Waals surface area (Å²) >= 11 is 0. The number of nitrogens with one attached hydrogen (secondary N) is 1. The molecule has 0 bridgehead atoms. The van der Waals surface area contributed by atoms with Crippen molar-refractivity contribution in [3.05, 3.63) is 148 Å². The summed E-state index contributed by atoms with van der Waals surface area (Å²) in [5, 5.41) is 12.2. The van der Waals surface area contributed by atoms with Gasteiger partial charge in [0.2, 0.25) is 0 Å². The number of fused-ring (bicyclic) bond motifs is 1. The van der Waals surface area contributed by atoms with Crippen molar-refractivity contribution in [2.45, 2.75) is 26.2 Å². The van der Waals surface area contributed by atoms with Crippen LogP contribution in [0.25, 0.3) is 0 Å². The fourth-order valence-corrected chi connectivity index (χ4v) is 5.69. The van der Waals surface area contributed by atoms with Crippen LogP contribution in [0.15, 0.2) is 109 Å². The molecular formula is C39H32N2O7. The van der Waals surface area contributed by atoms with E-state index in [2.05, 4.69) is 19.2 Å². The first-order chi connectivity index (χ1) is 23.0. The lowest BCUT2D eigenvalue weighted by atomic mass is 9.78. The molecule has 2 N–H and O–H groups in total. The summed E-state index contributed by atoms with van der Waals surface area (Å²) in [5.74, 6) is -0.989. The average Bonchev–Trinajstić information content (AvgIpc) is 3.33. The molecular weight excluding hydrogens is 608 g/mol. The number of ether oxygens (including phenoxy) is 2. The Balaban J connectivity index is 1.14. The number of anilines is 2. The first-order valence-electron chi connectivity index (χ1n) is 15.2. The van der Waals surface area contributed by atoms with Gasteiger partial charge in [-0.3, -0.25) is 14.4 Å². The van der Waals surface area contributed by atoms with Crippen LogP contribution in [-0.4, -0.2) is 35.9 Å². The molecule has 0 saturated carbocycles. The lowest BCUT2D eigenvalue weighted by Crippen LogP contribution is -2.29. The molecule has 6 rings (SSSR count). The lowest BCUT2D eigenvalue weighted by Gasteiger charge is -2.26. The van der Waals surface area contributed by atoms with Gasteiger partial charge >= 0.3 is 5.97 Å². The van der Waals surface area contributed by atoms with E-state index >= 15 is 0 Å². The molecule has 5 aromatic rings. The average molecular weight is 641 g/mol. The van der Waals surface area contributed by atoms with Crippen molar-refractivity contribution in [3.63, 3.8) is 0 Å². The van der Waals surface area contributed by atoms with E-state index in [4.69, 9.17) is 9.47 Å². The van der Waals surface area contributed by atoms with Crippen LogP contribution in [0.2, 0.25) is 0 Å². The monoisotopic (exact) mass is 640 g/mol. The minimum atomic E-state index is -1.21. The number of imide groups is 1. The standard InChI is InChI=1S/C39H32N2O7/c1-23-5-19-31(34(21-23)38(45)46)35(42)40-26-10-12-27(13-11-26)41-36(43)32-20-18-30(22-33(32)37(41)44)48-29-16-8-25(9-17-29)39(2,3)24-6-14-28(47-4)15-7-24/h5-22H,1-4H3,(H,40,42)(H,45,46). The van der Waals surface area contributed by atoms with E-state index in [1.807, 2.05) is 48.5 Å². The number of aryl methyl sites for hydroxylation is 1. The Morgan fingerprint density at radius 2 is 1.27 bits per heavy atom. The van der Waals surface area contributed by atoms with Crippen LogP contribution in [0.5, 0.6) is 17.2 Å². The molecule has 3 amide bonds. The van der Waals surface area contributed by atoms with Gasteiger partial charge in [-0.25, -0.2) is 9.69 Å². The van der Waals surface area contributed by atoms with E-state index in [1.54, 1.807) is 50.4 Å². The summed E-state index contributed by atoms with van der Waals surface area (Å²) in [4.78, 5) is 52.2. The summed E-state index contributed by atoms with van der Waals surface area (Å²) in [6, 6.07) is 31.2. The summed E-state index contributed by atoms with van der Waals surface area (Å²) in [6.45, 7) is 6.03. The molecule has 48 heavy (non-hydrogen) atoms. The number of methoxy groups -OCH3 is 1. The lowest BCUT2D eigenvalue weighted by molar-refractivity contribution is 0.0692. The molecule has 0 fully saturated rings. The van der Waals surface area contributed by atoms with Crippen molar-refractivity contribution in [2.24, 2.45) is 0 Å². The van der Waals surface area contributed by atoms with Crippen LogP contribution in [0.1, 0.15) is 72.0 Å². The number of carbonyl (C=O) groups is 4. The van der Waals surface area contributed by atoms with E-state index in [0.717, 1.165) is 21.8 Å². The van der Waals surface area contributed by atoms with Gasteiger partial charge in [-0.15, -0.1) is 0 Å². The predicted molar refractivity (Wildman–Crippen MR) is 182 cm³/mol. The second-order valence-corrected chi connectivity index (χ2v) is 12.0. The molecule has 0 aromatic heterocycles. The Labute approximate surface area is 277 Å². The Kier molecular flexibility index (Phi) is 8.28. The van der Waals surface area contributed by atoms with Gasteiger partial charge in [-0.1, -0.05) is 49.7 Å². The number of benzene rings is 5. The van der Waals surface area contributed by atoms with Gasteiger partial charge in [0.25, 0.3) is 17.7 Å². The summed E-state index contributed by atoms with van der Waals surface area (Å²) in [7, 11) is 1.64. The summed E-state index contributed by atoms with van der Waals surface area (Å²) in [5.41, 5.74) is 3.75. The predicted octanol–water partition coefficient (Wildman–Crippen LogP) is 7.87. The van der Waals surface area contributed by atoms with Crippen molar-refractivity contribution in [1.82, 2.24) is 0 Å². The highest BCUT2D eigenvalue weighted by atomic mass is 16.5. The van der Waals surface area contributed by atoms with Gasteiger partial charge < -0.3 is 19.9 Å². The minimum Gasteiger partial charge on any atom is -0.497 e. The van der Waals surface area contributed by atoms with Crippen LogP contribution in [-0.2, 0) is 5.41 Å². The molecule has 1 heterocycles. The van der Waals surface area contributed by atoms with Crippen molar-refractivity contribution in [1.29, 1.82) is 0 Å². The van der Waals surface area contributed by atoms with Gasteiger partial charge in [0.15, 0.2) is 0 Å². The SMILES string of the molecule is COc1ccc(C(C)(C)c2ccc(Oc3ccc4c(c3)C(=O)N(c3ccc(NC(=O)c5ccc(C)cc5C(=O)O)cc3)C4=O)cc2)cc1. The number of carboxylic acid groups (broad SMARTS) is 1. The molecule has 0 spiro atoms. The molecule has 1 aliphatic rings. The molecule has 1 aliphatic heterocycles. The Hall–Kier alpha value is -6.22. The van der Waals surface area contributed by atoms with E-state index in [1.165, 1.54) is 24.3 Å². The minimum absolute atomic E-state index is 0.0175. The zero-order valence-electron chi connectivity index (χ0n) is 26.7. The Bertz CT molecular complexity index is 2070. The second kappa shape index (κ2) is 12.5. The van der Waals surface area contributed by atoms with Crippen molar-refractivity contribution in [3.8, 4) is 17.2 Å². The molecule has 0 saturated heterocycles. The van der Waals surface area contributed by atoms with Gasteiger partial charge in [0.1, 0.15) is 17.2 Å².